The Labute approximate surface area is 420 Å². The lowest BCUT2D eigenvalue weighted by Gasteiger charge is -2.39. The van der Waals surface area contributed by atoms with Crippen molar-refractivity contribution in [3.05, 3.63) is 197 Å². The number of rotatable bonds is 18. The number of carbonyl (C=O) groups excluding carboxylic acids is 5. The second-order valence-electron chi connectivity index (χ2n) is 16.1. The number of amides is 2. The SMILES string of the molecule is CNc1cccc(Oc2cccc(Oc3cccc(NC(=O)c4cc(C(c5ccc(C(=O)C(=O)O)c(C(=O)Nc6cccc(Oc7ccc(C(C)=O)cc7)c6)c5)(C(F)(F)F)C(F)(F)F)ccc4C(=O)C(=O)O)c3)c2)c1. The number of nitrogens with one attached hydrogen (secondary N) is 3. The fourth-order valence-electron chi connectivity index (χ4n) is 7.69. The summed E-state index contributed by atoms with van der Waals surface area (Å²) in [5.41, 5.74) is -13.0. The number of carboxylic acid groups (broad SMARTS) is 2. The molecule has 0 unspecified atom stereocenters. The van der Waals surface area contributed by atoms with Gasteiger partial charge in [0.05, 0.1) is 11.1 Å². The van der Waals surface area contributed by atoms with Crippen LogP contribution in [-0.4, -0.2) is 70.7 Å². The first kappa shape index (κ1) is 53.0. The highest BCUT2D eigenvalue weighted by Gasteiger charge is 2.72. The average molecular weight is 1030 g/mol. The lowest BCUT2D eigenvalue weighted by Crippen LogP contribution is -2.55. The average Bonchev–Trinajstić information content (AvgIpc) is 3.35. The van der Waals surface area contributed by atoms with Crippen LogP contribution in [0.1, 0.15) is 69.8 Å². The van der Waals surface area contributed by atoms with Gasteiger partial charge in [-0.15, -0.1) is 0 Å². The van der Waals surface area contributed by atoms with E-state index in [1.165, 1.54) is 85.8 Å². The van der Waals surface area contributed by atoms with Gasteiger partial charge in [0, 0.05) is 65.1 Å². The quantitative estimate of drug-likeness (QED) is 0.0307. The minimum Gasteiger partial charge on any atom is -0.475 e. The molecule has 0 saturated carbocycles. The third kappa shape index (κ3) is 11.6. The van der Waals surface area contributed by atoms with Crippen molar-refractivity contribution in [3.8, 4) is 34.5 Å². The van der Waals surface area contributed by atoms with Gasteiger partial charge in [-0.1, -0.05) is 36.4 Å². The van der Waals surface area contributed by atoms with E-state index in [1.807, 2.05) is 6.07 Å². The zero-order valence-electron chi connectivity index (χ0n) is 38.8. The molecule has 15 nitrogen and oxygen atoms in total. The molecular weight excluding hydrogens is 997 g/mol. The van der Waals surface area contributed by atoms with Crippen molar-refractivity contribution < 1.29 is 84.3 Å². The summed E-state index contributed by atoms with van der Waals surface area (Å²) in [5, 5.41) is 26.6. The van der Waals surface area contributed by atoms with Crippen LogP contribution in [0.3, 0.4) is 0 Å². The van der Waals surface area contributed by atoms with Gasteiger partial charge in [0.1, 0.15) is 34.5 Å². The summed E-state index contributed by atoms with van der Waals surface area (Å²) in [7, 11) is 1.73. The number of hydrogen-bond acceptors (Lipinski definition) is 11. The highest BCUT2D eigenvalue weighted by Crippen LogP contribution is 2.57. The number of Topliss-reactive ketones (excluding diaryl/α,β-unsaturated/α-hetero) is 3. The number of alkyl halides is 6. The summed E-state index contributed by atoms with van der Waals surface area (Å²) < 4.78 is 112. The molecule has 0 spiro atoms. The van der Waals surface area contributed by atoms with E-state index in [9.17, 15) is 43.8 Å². The molecule has 21 heteroatoms. The minimum atomic E-state index is -6.47. The molecular formula is C54H37F6N3O12. The van der Waals surface area contributed by atoms with E-state index in [2.05, 4.69) is 16.0 Å². The molecule has 0 aliphatic carbocycles. The summed E-state index contributed by atoms with van der Waals surface area (Å²) in [6, 6.07) is 30.3. The van der Waals surface area contributed by atoms with Crippen LogP contribution in [0.4, 0.5) is 43.4 Å². The van der Waals surface area contributed by atoms with Gasteiger partial charge in [0.25, 0.3) is 23.4 Å². The van der Waals surface area contributed by atoms with E-state index in [1.54, 1.807) is 43.4 Å². The Morgan fingerprint density at radius 1 is 0.427 bits per heavy atom. The predicted molar refractivity (Wildman–Crippen MR) is 258 cm³/mol. The first-order valence-electron chi connectivity index (χ1n) is 21.8. The van der Waals surface area contributed by atoms with Crippen LogP contribution in [-0.2, 0) is 15.0 Å². The summed E-state index contributed by atoms with van der Waals surface area (Å²) in [4.78, 5) is 89.3. The molecule has 382 valence electrons. The summed E-state index contributed by atoms with van der Waals surface area (Å²) in [6.07, 6.45) is -12.9. The molecule has 0 radical (unpaired) electrons. The van der Waals surface area contributed by atoms with Crippen LogP contribution >= 0.6 is 0 Å². The van der Waals surface area contributed by atoms with Gasteiger partial charge in [-0.2, -0.15) is 26.3 Å². The van der Waals surface area contributed by atoms with Crippen molar-refractivity contribution >= 4 is 58.2 Å². The normalized spacial score (nSPS) is 11.4. The Kier molecular flexibility index (Phi) is 15.2. The Bertz CT molecular complexity index is 3400. The topological polar surface area (TPSA) is 224 Å². The molecule has 0 fully saturated rings. The van der Waals surface area contributed by atoms with Crippen molar-refractivity contribution in [3.63, 3.8) is 0 Å². The number of carbonyl (C=O) groups is 7. The number of ether oxygens (including phenoxy) is 3. The lowest BCUT2D eigenvalue weighted by molar-refractivity contribution is -0.288. The smallest absolute Gasteiger partial charge is 0.411 e. The van der Waals surface area contributed by atoms with Gasteiger partial charge in [-0.3, -0.25) is 24.0 Å². The van der Waals surface area contributed by atoms with Gasteiger partial charge in [-0.05, 0) is 115 Å². The largest absolute Gasteiger partial charge is 0.475 e. The van der Waals surface area contributed by atoms with E-state index >= 15 is 26.3 Å². The highest BCUT2D eigenvalue weighted by atomic mass is 19.4. The minimum absolute atomic E-state index is 0.00806. The van der Waals surface area contributed by atoms with Gasteiger partial charge < -0.3 is 40.4 Å². The number of hydrogen-bond donors (Lipinski definition) is 5. The third-order valence-corrected chi connectivity index (χ3v) is 11.2. The molecule has 7 aromatic rings. The van der Waals surface area contributed by atoms with Gasteiger partial charge >= 0.3 is 24.3 Å². The monoisotopic (exact) mass is 1030 g/mol. The van der Waals surface area contributed by atoms with Crippen molar-refractivity contribution in [2.24, 2.45) is 0 Å². The molecule has 0 aliphatic rings. The summed E-state index contributed by atoms with van der Waals surface area (Å²) in [5.74, 6) is -10.3. The molecule has 0 aromatic heterocycles. The highest BCUT2D eigenvalue weighted by molar-refractivity contribution is 6.42. The fourth-order valence-corrected chi connectivity index (χ4v) is 7.69. The van der Waals surface area contributed by atoms with Crippen LogP contribution in [0.2, 0.25) is 0 Å². The number of ketones is 3. The van der Waals surface area contributed by atoms with Crippen molar-refractivity contribution in [1.29, 1.82) is 0 Å². The zero-order valence-corrected chi connectivity index (χ0v) is 38.8. The van der Waals surface area contributed by atoms with E-state index in [-0.39, 0.29) is 76.6 Å². The Morgan fingerprint density at radius 2 is 0.787 bits per heavy atom. The van der Waals surface area contributed by atoms with E-state index in [0.29, 0.717) is 17.1 Å². The fraction of sp³-hybridized carbons (Fsp3) is 0.0926. The van der Waals surface area contributed by atoms with Crippen LogP contribution in [0, 0.1) is 0 Å². The molecule has 0 atom stereocenters. The Balaban J connectivity index is 1.26. The number of benzene rings is 7. The maximum atomic E-state index is 15.8. The van der Waals surface area contributed by atoms with Gasteiger partial charge in [0.2, 0.25) is 5.41 Å². The summed E-state index contributed by atoms with van der Waals surface area (Å²) in [6.45, 7) is 1.34. The molecule has 5 N–H and O–H groups in total. The molecule has 7 aromatic carbocycles. The number of aliphatic carboxylic acids is 2. The molecule has 2 amide bonds. The van der Waals surface area contributed by atoms with Crippen LogP contribution < -0.4 is 30.2 Å². The third-order valence-electron chi connectivity index (χ3n) is 11.2. The van der Waals surface area contributed by atoms with Crippen LogP contribution in [0.15, 0.2) is 158 Å². The molecule has 0 aliphatic heterocycles. The lowest BCUT2D eigenvalue weighted by atomic mass is 9.71. The molecule has 0 bridgehead atoms. The maximum absolute atomic E-state index is 15.8. The van der Waals surface area contributed by atoms with E-state index in [0.717, 1.165) is 5.69 Å². The van der Waals surface area contributed by atoms with Crippen molar-refractivity contribution in [2.45, 2.75) is 24.7 Å². The summed E-state index contributed by atoms with van der Waals surface area (Å²) >= 11 is 0. The standard InChI is InChI=1S/C54H37F6N3O12/c1-29(64)30-15-19-36(20-16-30)73-38-11-4-8-34(26-38)62-48(67)44-23-31(17-21-42(44)46(65)50(69)70)52(53(55,56)57,54(58,59)60)32-18-22-43(47(66)51(71)72)45(24-32)49(68)63-35-9-5-12-39(27-35)75-41-14-6-13-40(28-41)74-37-10-3-7-33(25-37)61-2/h3-28,61H,1-2H3,(H,62,67)(H,63,68)(H,69,70)(H,71,72). The van der Waals surface area contributed by atoms with Gasteiger partial charge in [-0.25, -0.2) is 9.59 Å². The van der Waals surface area contributed by atoms with E-state index < -0.39 is 86.5 Å². The second-order valence-corrected chi connectivity index (χ2v) is 16.1. The zero-order chi connectivity index (χ0) is 54.4. The Hall–Kier alpha value is -9.79. The number of carboxylic acids is 2. The maximum Gasteiger partial charge on any atom is 0.411 e. The van der Waals surface area contributed by atoms with Crippen molar-refractivity contribution in [2.75, 3.05) is 23.0 Å². The van der Waals surface area contributed by atoms with Gasteiger partial charge in [0.15, 0.2) is 5.78 Å². The number of halogens is 6. The molecule has 0 saturated heterocycles. The van der Waals surface area contributed by atoms with E-state index in [4.69, 9.17) is 14.2 Å². The first-order valence-corrected chi connectivity index (χ1v) is 21.8. The Morgan fingerprint density at radius 3 is 1.16 bits per heavy atom. The molecule has 0 heterocycles. The van der Waals surface area contributed by atoms with Crippen molar-refractivity contribution in [1.82, 2.24) is 0 Å². The second kappa shape index (κ2) is 21.5. The predicted octanol–water partition coefficient (Wildman–Crippen LogP) is 11.8. The van der Waals surface area contributed by atoms with Crippen LogP contribution in [0.5, 0.6) is 34.5 Å². The first-order chi connectivity index (χ1) is 35.5. The number of anilines is 3. The van der Waals surface area contributed by atoms with Crippen LogP contribution in [0.25, 0.3) is 0 Å². The molecule has 75 heavy (non-hydrogen) atoms. The molecule has 7 rings (SSSR count).